The van der Waals surface area contributed by atoms with Crippen LogP contribution >= 0.6 is 11.3 Å². The standard InChI is InChI=1S/C17H22N4OS/c1-2-18-17(22)15-13-23-16(19-15)12-20-8-10-21(11-9-20)14-6-4-3-5-7-14/h3-7,13H,2,8-12H2,1H3,(H,18,22). The van der Waals surface area contributed by atoms with Crippen molar-refractivity contribution in [1.29, 1.82) is 0 Å². The summed E-state index contributed by atoms with van der Waals surface area (Å²) in [7, 11) is 0. The number of anilines is 1. The van der Waals surface area contributed by atoms with E-state index in [9.17, 15) is 4.79 Å². The maximum Gasteiger partial charge on any atom is 0.270 e. The predicted octanol–water partition coefficient (Wildman–Crippen LogP) is 2.21. The summed E-state index contributed by atoms with van der Waals surface area (Å²) in [5, 5.41) is 5.65. The molecule has 1 N–H and O–H groups in total. The van der Waals surface area contributed by atoms with Crippen LogP contribution in [-0.4, -0.2) is 48.5 Å². The Balaban J connectivity index is 1.52. The fraction of sp³-hybridized carbons (Fsp3) is 0.412. The van der Waals surface area contributed by atoms with Crippen molar-refractivity contribution in [3.8, 4) is 0 Å². The Morgan fingerprint density at radius 3 is 2.65 bits per heavy atom. The van der Waals surface area contributed by atoms with Gasteiger partial charge in [0.05, 0.1) is 6.54 Å². The van der Waals surface area contributed by atoms with E-state index in [2.05, 4.69) is 50.4 Å². The molecule has 1 aliphatic heterocycles. The normalized spacial score (nSPS) is 15.6. The first-order chi connectivity index (χ1) is 11.3. The maximum atomic E-state index is 11.8. The molecule has 122 valence electrons. The minimum Gasteiger partial charge on any atom is -0.369 e. The summed E-state index contributed by atoms with van der Waals surface area (Å²) in [6.07, 6.45) is 0. The van der Waals surface area contributed by atoms with Gasteiger partial charge in [-0.15, -0.1) is 11.3 Å². The highest BCUT2D eigenvalue weighted by molar-refractivity contribution is 7.09. The van der Waals surface area contributed by atoms with Gasteiger partial charge in [-0.25, -0.2) is 4.98 Å². The van der Waals surface area contributed by atoms with E-state index in [1.54, 1.807) is 11.3 Å². The molecule has 0 atom stereocenters. The maximum absolute atomic E-state index is 11.8. The summed E-state index contributed by atoms with van der Waals surface area (Å²) >= 11 is 1.57. The molecule has 0 bridgehead atoms. The molecule has 23 heavy (non-hydrogen) atoms. The number of piperazine rings is 1. The third-order valence-corrected chi connectivity index (χ3v) is 4.81. The van der Waals surface area contributed by atoms with E-state index >= 15 is 0 Å². The number of hydrogen-bond acceptors (Lipinski definition) is 5. The molecule has 1 saturated heterocycles. The zero-order valence-corrected chi connectivity index (χ0v) is 14.2. The zero-order chi connectivity index (χ0) is 16.1. The van der Waals surface area contributed by atoms with E-state index in [4.69, 9.17) is 0 Å². The number of benzene rings is 1. The van der Waals surface area contributed by atoms with Crippen LogP contribution in [0.1, 0.15) is 22.4 Å². The molecule has 1 aromatic heterocycles. The van der Waals surface area contributed by atoms with Gasteiger partial charge in [-0.1, -0.05) is 18.2 Å². The van der Waals surface area contributed by atoms with Crippen molar-refractivity contribution in [2.24, 2.45) is 0 Å². The summed E-state index contributed by atoms with van der Waals surface area (Å²) in [5.41, 5.74) is 1.83. The van der Waals surface area contributed by atoms with Gasteiger partial charge in [0.15, 0.2) is 0 Å². The van der Waals surface area contributed by atoms with Crippen LogP contribution in [-0.2, 0) is 6.54 Å². The lowest BCUT2D eigenvalue weighted by Crippen LogP contribution is -2.45. The zero-order valence-electron chi connectivity index (χ0n) is 13.4. The molecule has 3 rings (SSSR count). The van der Waals surface area contributed by atoms with Gasteiger partial charge < -0.3 is 10.2 Å². The number of hydrogen-bond donors (Lipinski definition) is 1. The number of nitrogens with one attached hydrogen (secondary N) is 1. The molecule has 1 amide bonds. The van der Waals surface area contributed by atoms with Gasteiger partial charge in [-0.3, -0.25) is 9.69 Å². The third-order valence-electron chi connectivity index (χ3n) is 3.97. The Morgan fingerprint density at radius 1 is 1.22 bits per heavy atom. The second-order valence-corrected chi connectivity index (χ2v) is 6.53. The predicted molar refractivity (Wildman–Crippen MR) is 94.1 cm³/mol. The number of para-hydroxylation sites is 1. The Hall–Kier alpha value is -1.92. The van der Waals surface area contributed by atoms with Crippen LogP contribution in [0.15, 0.2) is 35.7 Å². The van der Waals surface area contributed by atoms with Crippen LogP contribution in [0.2, 0.25) is 0 Å². The van der Waals surface area contributed by atoms with E-state index in [0.29, 0.717) is 12.2 Å². The summed E-state index contributed by atoms with van der Waals surface area (Å²) in [6.45, 7) is 7.46. The highest BCUT2D eigenvalue weighted by Crippen LogP contribution is 2.18. The Labute approximate surface area is 140 Å². The van der Waals surface area contributed by atoms with E-state index < -0.39 is 0 Å². The molecule has 0 radical (unpaired) electrons. The number of aromatic nitrogens is 1. The molecule has 6 heteroatoms. The number of nitrogens with zero attached hydrogens (tertiary/aromatic N) is 3. The Bertz CT molecular complexity index is 635. The molecule has 0 aliphatic carbocycles. The van der Waals surface area contributed by atoms with Gasteiger partial charge in [0.25, 0.3) is 5.91 Å². The van der Waals surface area contributed by atoms with Gasteiger partial charge in [-0.05, 0) is 19.1 Å². The first-order valence-corrected chi connectivity index (χ1v) is 8.89. The molecular weight excluding hydrogens is 308 g/mol. The average Bonchev–Trinajstić information content (AvgIpc) is 3.05. The van der Waals surface area contributed by atoms with E-state index in [1.165, 1.54) is 5.69 Å². The van der Waals surface area contributed by atoms with Crippen LogP contribution in [0, 0.1) is 0 Å². The molecule has 2 heterocycles. The van der Waals surface area contributed by atoms with Crippen LogP contribution < -0.4 is 10.2 Å². The number of carbonyl (C=O) groups is 1. The number of carbonyl (C=O) groups excluding carboxylic acids is 1. The van der Waals surface area contributed by atoms with Crippen molar-refractivity contribution in [1.82, 2.24) is 15.2 Å². The van der Waals surface area contributed by atoms with Crippen molar-refractivity contribution in [3.05, 3.63) is 46.4 Å². The average molecular weight is 330 g/mol. The van der Waals surface area contributed by atoms with E-state index in [0.717, 1.165) is 37.7 Å². The lowest BCUT2D eigenvalue weighted by molar-refractivity contribution is 0.0951. The first kappa shape index (κ1) is 16.0. The minimum absolute atomic E-state index is 0.0797. The van der Waals surface area contributed by atoms with Crippen molar-refractivity contribution >= 4 is 22.9 Å². The number of thiazole rings is 1. The lowest BCUT2D eigenvalue weighted by Gasteiger charge is -2.35. The molecule has 1 aliphatic rings. The molecule has 0 saturated carbocycles. The van der Waals surface area contributed by atoms with Crippen molar-refractivity contribution in [2.45, 2.75) is 13.5 Å². The molecule has 0 unspecified atom stereocenters. The minimum atomic E-state index is -0.0797. The largest absolute Gasteiger partial charge is 0.369 e. The van der Waals surface area contributed by atoms with Crippen LogP contribution in [0.25, 0.3) is 0 Å². The fourth-order valence-electron chi connectivity index (χ4n) is 2.73. The van der Waals surface area contributed by atoms with Crippen LogP contribution in [0.3, 0.4) is 0 Å². The van der Waals surface area contributed by atoms with E-state index in [1.807, 2.05) is 12.3 Å². The molecular formula is C17H22N4OS. The van der Waals surface area contributed by atoms with Crippen LogP contribution in [0.5, 0.6) is 0 Å². The molecule has 5 nitrogen and oxygen atoms in total. The summed E-state index contributed by atoms with van der Waals surface area (Å²) in [4.78, 5) is 21.0. The highest BCUT2D eigenvalue weighted by atomic mass is 32.1. The summed E-state index contributed by atoms with van der Waals surface area (Å²) in [6, 6.07) is 10.5. The first-order valence-electron chi connectivity index (χ1n) is 8.01. The monoisotopic (exact) mass is 330 g/mol. The quantitative estimate of drug-likeness (QED) is 0.913. The fourth-order valence-corrected chi connectivity index (χ4v) is 3.55. The van der Waals surface area contributed by atoms with Crippen molar-refractivity contribution < 1.29 is 4.79 Å². The third kappa shape index (κ3) is 4.09. The van der Waals surface area contributed by atoms with Crippen LogP contribution in [0.4, 0.5) is 5.69 Å². The number of amides is 1. The van der Waals surface area contributed by atoms with Gasteiger partial charge >= 0.3 is 0 Å². The van der Waals surface area contributed by atoms with Gasteiger partial charge in [0, 0.05) is 43.8 Å². The molecule has 1 fully saturated rings. The molecule has 2 aromatic rings. The smallest absolute Gasteiger partial charge is 0.270 e. The van der Waals surface area contributed by atoms with Crippen molar-refractivity contribution in [2.75, 3.05) is 37.6 Å². The summed E-state index contributed by atoms with van der Waals surface area (Å²) in [5.74, 6) is -0.0797. The molecule has 1 aromatic carbocycles. The number of rotatable bonds is 5. The van der Waals surface area contributed by atoms with E-state index in [-0.39, 0.29) is 5.91 Å². The second kappa shape index (κ2) is 7.57. The second-order valence-electron chi connectivity index (χ2n) is 5.58. The molecule has 0 spiro atoms. The highest BCUT2D eigenvalue weighted by Gasteiger charge is 2.19. The Kier molecular flexibility index (Phi) is 5.25. The lowest BCUT2D eigenvalue weighted by atomic mass is 10.2. The summed E-state index contributed by atoms with van der Waals surface area (Å²) < 4.78 is 0. The van der Waals surface area contributed by atoms with Gasteiger partial charge in [-0.2, -0.15) is 0 Å². The van der Waals surface area contributed by atoms with Crippen molar-refractivity contribution in [3.63, 3.8) is 0 Å². The van der Waals surface area contributed by atoms with Gasteiger partial charge in [0.1, 0.15) is 10.7 Å². The van der Waals surface area contributed by atoms with Gasteiger partial charge in [0.2, 0.25) is 0 Å². The topological polar surface area (TPSA) is 48.5 Å². The Morgan fingerprint density at radius 2 is 1.96 bits per heavy atom. The SMILES string of the molecule is CCNC(=O)c1csc(CN2CCN(c3ccccc3)CC2)n1.